The van der Waals surface area contributed by atoms with E-state index in [1.165, 1.54) is 0 Å². The molecule has 18 heavy (non-hydrogen) atoms. The van der Waals surface area contributed by atoms with Crippen molar-refractivity contribution in [3.8, 4) is 0 Å². The molecule has 2 rings (SSSR count). The molecule has 2 aliphatic rings. The largest absolute Gasteiger partial charge is 0.342 e. The first-order chi connectivity index (χ1) is 8.52. The summed E-state index contributed by atoms with van der Waals surface area (Å²) in [4.78, 5) is 14.0. The van der Waals surface area contributed by atoms with Gasteiger partial charge in [-0.3, -0.25) is 4.79 Å². The molecule has 0 N–H and O–H groups in total. The highest BCUT2D eigenvalue weighted by molar-refractivity contribution is 6.18. The van der Waals surface area contributed by atoms with Crippen molar-refractivity contribution in [2.45, 2.75) is 44.4 Å². The molecule has 1 saturated carbocycles. The SMILES string of the molecule is O=C(C1CCCC(F)(F)C1)N1CCCC(CCl)C1. The summed E-state index contributed by atoms with van der Waals surface area (Å²) >= 11 is 5.82. The van der Waals surface area contributed by atoms with Gasteiger partial charge in [-0.2, -0.15) is 0 Å². The Bertz CT molecular complexity index is 311. The average Bonchev–Trinajstić information content (AvgIpc) is 2.37. The van der Waals surface area contributed by atoms with Gasteiger partial charge in [-0.1, -0.05) is 0 Å². The molecule has 104 valence electrons. The summed E-state index contributed by atoms with van der Waals surface area (Å²) in [5.41, 5.74) is 0. The fourth-order valence-corrected chi connectivity index (χ4v) is 3.28. The van der Waals surface area contributed by atoms with Crippen LogP contribution >= 0.6 is 11.6 Å². The van der Waals surface area contributed by atoms with Gasteiger partial charge >= 0.3 is 0 Å². The maximum absolute atomic E-state index is 13.3. The zero-order chi connectivity index (χ0) is 13.2. The van der Waals surface area contributed by atoms with Crippen LogP contribution in [0.3, 0.4) is 0 Å². The van der Waals surface area contributed by atoms with Gasteiger partial charge in [0.25, 0.3) is 0 Å². The molecule has 2 unspecified atom stereocenters. The van der Waals surface area contributed by atoms with Crippen LogP contribution in [0.15, 0.2) is 0 Å². The molecule has 0 spiro atoms. The fraction of sp³-hybridized carbons (Fsp3) is 0.923. The summed E-state index contributed by atoms with van der Waals surface area (Å²) in [6.07, 6.45) is 2.70. The smallest absolute Gasteiger partial charge is 0.248 e. The van der Waals surface area contributed by atoms with Crippen LogP contribution < -0.4 is 0 Å². The summed E-state index contributed by atoms with van der Waals surface area (Å²) < 4.78 is 26.7. The minimum Gasteiger partial charge on any atom is -0.342 e. The van der Waals surface area contributed by atoms with Gasteiger partial charge in [-0.05, 0) is 31.6 Å². The summed E-state index contributed by atoms with van der Waals surface area (Å²) in [7, 11) is 0. The third-order valence-electron chi connectivity index (χ3n) is 4.04. The van der Waals surface area contributed by atoms with E-state index in [2.05, 4.69) is 0 Å². The van der Waals surface area contributed by atoms with Crippen molar-refractivity contribution in [2.75, 3.05) is 19.0 Å². The highest BCUT2D eigenvalue weighted by atomic mass is 35.5. The van der Waals surface area contributed by atoms with Crippen LogP contribution in [0, 0.1) is 11.8 Å². The Morgan fingerprint density at radius 2 is 2.11 bits per heavy atom. The Kier molecular flexibility index (Phi) is 4.46. The second-order valence-electron chi connectivity index (χ2n) is 5.60. The first-order valence-corrected chi connectivity index (χ1v) is 7.28. The van der Waals surface area contributed by atoms with E-state index in [9.17, 15) is 13.6 Å². The molecule has 0 radical (unpaired) electrons. The van der Waals surface area contributed by atoms with Crippen molar-refractivity contribution in [3.63, 3.8) is 0 Å². The number of piperidine rings is 1. The first kappa shape index (κ1) is 14.0. The van der Waals surface area contributed by atoms with Crippen LogP contribution in [0.4, 0.5) is 8.78 Å². The zero-order valence-corrected chi connectivity index (χ0v) is 11.3. The van der Waals surface area contributed by atoms with E-state index in [-0.39, 0.29) is 18.7 Å². The van der Waals surface area contributed by atoms with Crippen molar-refractivity contribution in [3.05, 3.63) is 0 Å². The number of amides is 1. The van der Waals surface area contributed by atoms with Gasteiger partial charge in [0.15, 0.2) is 0 Å². The molecule has 1 amide bonds. The minimum absolute atomic E-state index is 0.0684. The third kappa shape index (κ3) is 3.34. The predicted octanol–water partition coefficient (Wildman–Crippen LogP) is 3.29. The van der Waals surface area contributed by atoms with E-state index in [0.717, 1.165) is 12.8 Å². The van der Waals surface area contributed by atoms with Crippen LogP contribution in [-0.2, 0) is 4.79 Å². The Balaban J connectivity index is 1.94. The molecule has 0 aromatic heterocycles. The molecule has 5 heteroatoms. The van der Waals surface area contributed by atoms with Crippen molar-refractivity contribution in [1.82, 2.24) is 4.90 Å². The standard InChI is InChI=1S/C13H20ClF2NO/c14-8-10-3-2-6-17(9-10)12(18)11-4-1-5-13(15,16)7-11/h10-11H,1-9H2. The summed E-state index contributed by atoms with van der Waals surface area (Å²) in [6.45, 7) is 1.35. The lowest BCUT2D eigenvalue weighted by molar-refractivity contribution is -0.144. The molecule has 0 aromatic rings. The number of carbonyl (C=O) groups excluding carboxylic acids is 1. The van der Waals surface area contributed by atoms with E-state index in [1.54, 1.807) is 4.90 Å². The van der Waals surface area contributed by atoms with Gasteiger partial charge in [0.1, 0.15) is 0 Å². The molecule has 0 bridgehead atoms. The number of rotatable bonds is 2. The summed E-state index contributed by atoms with van der Waals surface area (Å²) in [5, 5.41) is 0. The quantitative estimate of drug-likeness (QED) is 0.710. The Morgan fingerprint density at radius 1 is 1.33 bits per heavy atom. The average molecular weight is 280 g/mol. The van der Waals surface area contributed by atoms with Crippen LogP contribution in [0.2, 0.25) is 0 Å². The van der Waals surface area contributed by atoms with Crippen LogP contribution in [0.1, 0.15) is 38.5 Å². The monoisotopic (exact) mass is 279 g/mol. The summed E-state index contributed by atoms with van der Waals surface area (Å²) in [5.74, 6) is -2.34. The molecule has 2 nitrogen and oxygen atoms in total. The van der Waals surface area contributed by atoms with E-state index in [4.69, 9.17) is 11.6 Å². The summed E-state index contributed by atoms with van der Waals surface area (Å²) in [6, 6.07) is 0. The van der Waals surface area contributed by atoms with Gasteiger partial charge in [0.2, 0.25) is 11.8 Å². The molecule has 0 aromatic carbocycles. The number of nitrogens with zero attached hydrogens (tertiary/aromatic N) is 1. The van der Waals surface area contributed by atoms with E-state index < -0.39 is 11.8 Å². The second kappa shape index (κ2) is 5.72. The van der Waals surface area contributed by atoms with Gasteiger partial charge in [0.05, 0.1) is 0 Å². The van der Waals surface area contributed by atoms with E-state index in [0.29, 0.717) is 37.7 Å². The van der Waals surface area contributed by atoms with Gasteiger partial charge in [-0.15, -0.1) is 11.6 Å². The topological polar surface area (TPSA) is 20.3 Å². The minimum atomic E-state index is -2.65. The van der Waals surface area contributed by atoms with Crippen molar-refractivity contribution < 1.29 is 13.6 Å². The lowest BCUT2D eigenvalue weighted by atomic mass is 9.85. The third-order valence-corrected chi connectivity index (χ3v) is 4.47. The molecule has 1 aliphatic heterocycles. The molecule has 2 atom stereocenters. The molecule has 1 heterocycles. The van der Waals surface area contributed by atoms with Gasteiger partial charge in [0, 0.05) is 37.7 Å². The Morgan fingerprint density at radius 3 is 2.78 bits per heavy atom. The zero-order valence-electron chi connectivity index (χ0n) is 10.5. The maximum atomic E-state index is 13.3. The Labute approximate surface area is 112 Å². The number of hydrogen-bond acceptors (Lipinski definition) is 1. The Hall–Kier alpha value is -0.380. The highest BCUT2D eigenvalue weighted by Gasteiger charge is 2.40. The predicted molar refractivity (Wildman–Crippen MR) is 66.9 cm³/mol. The van der Waals surface area contributed by atoms with Crippen molar-refractivity contribution in [1.29, 1.82) is 0 Å². The molecular weight excluding hydrogens is 260 g/mol. The van der Waals surface area contributed by atoms with Crippen LogP contribution in [0.25, 0.3) is 0 Å². The van der Waals surface area contributed by atoms with E-state index >= 15 is 0 Å². The van der Waals surface area contributed by atoms with Gasteiger partial charge in [-0.25, -0.2) is 8.78 Å². The van der Waals surface area contributed by atoms with Crippen molar-refractivity contribution >= 4 is 17.5 Å². The first-order valence-electron chi connectivity index (χ1n) is 6.74. The normalized spacial score (nSPS) is 32.3. The van der Waals surface area contributed by atoms with Gasteiger partial charge < -0.3 is 4.90 Å². The lowest BCUT2D eigenvalue weighted by Gasteiger charge is -2.36. The molecule has 1 aliphatic carbocycles. The highest BCUT2D eigenvalue weighted by Crippen LogP contribution is 2.37. The van der Waals surface area contributed by atoms with Crippen LogP contribution in [0.5, 0.6) is 0 Å². The van der Waals surface area contributed by atoms with Crippen molar-refractivity contribution in [2.24, 2.45) is 11.8 Å². The lowest BCUT2D eigenvalue weighted by Crippen LogP contribution is -2.45. The number of alkyl halides is 3. The maximum Gasteiger partial charge on any atom is 0.248 e. The fourth-order valence-electron chi connectivity index (χ4n) is 3.03. The second-order valence-corrected chi connectivity index (χ2v) is 5.90. The number of hydrogen-bond donors (Lipinski definition) is 0. The van der Waals surface area contributed by atoms with E-state index in [1.807, 2.05) is 0 Å². The number of carbonyl (C=O) groups is 1. The number of likely N-dealkylation sites (tertiary alicyclic amines) is 1. The van der Waals surface area contributed by atoms with Crippen LogP contribution in [-0.4, -0.2) is 35.7 Å². The number of halogens is 3. The molecule has 2 fully saturated rings. The molecule has 1 saturated heterocycles. The molecular formula is C13H20ClF2NO.